The number of thioether (sulfide) groups is 1. The van der Waals surface area contributed by atoms with Gasteiger partial charge in [0, 0.05) is 12.3 Å². The summed E-state index contributed by atoms with van der Waals surface area (Å²) in [5.74, 6) is -0.885. The van der Waals surface area contributed by atoms with Gasteiger partial charge in [-0.3, -0.25) is 4.79 Å². The number of nitrogens with zero attached hydrogens (tertiary/aromatic N) is 1. The van der Waals surface area contributed by atoms with Crippen molar-refractivity contribution in [3.05, 3.63) is 17.7 Å². The molecular weight excluding hydrogens is 218 g/mol. The van der Waals surface area contributed by atoms with E-state index < -0.39 is 11.9 Å². The molecule has 0 spiro atoms. The molecule has 6 nitrogen and oxygen atoms in total. The number of amides is 1. The summed E-state index contributed by atoms with van der Waals surface area (Å²) in [7, 11) is 0. The Labute approximate surface area is 90.5 Å². The van der Waals surface area contributed by atoms with Gasteiger partial charge in [0.05, 0.1) is 6.33 Å². The molecule has 0 saturated heterocycles. The first-order valence-corrected chi connectivity index (χ1v) is 5.60. The van der Waals surface area contributed by atoms with E-state index in [0.717, 1.165) is 5.75 Å². The predicted octanol–water partition coefficient (Wildman–Crippen LogP) is 0.201. The van der Waals surface area contributed by atoms with Crippen LogP contribution < -0.4 is 5.32 Å². The van der Waals surface area contributed by atoms with Crippen LogP contribution in [0.25, 0.3) is 0 Å². The largest absolute Gasteiger partial charge is 0.477 e. The normalized spacial score (nSPS) is 9.93. The Morgan fingerprint density at radius 2 is 2.40 bits per heavy atom. The van der Waals surface area contributed by atoms with Crippen LogP contribution in [0.5, 0.6) is 0 Å². The first-order valence-electron chi connectivity index (χ1n) is 4.20. The molecule has 3 N–H and O–H groups in total. The third-order valence-electron chi connectivity index (χ3n) is 1.66. The van der Waals surface area contributed by atoms with Crippen LogP contribution in [0, 0.1) is 0 Å². The maximum atomic E-state index is 11.4. The van der Waals surface area contributed by atoms with Gasteiger partial charge in [-0.05, 0) is 6.26 Å². The van der Waals surface area contributed by atoms with Gasteiger partial charge in [0.2, 0.25) is 0 Å². The van der Waals surface area contributed by atoms with Gasteiger partial charge < -0.3 is 15.4 Å². The molecule has 1 rings (SSSR count). The van der Waals surface area contributed by atoms with Crippen molar-refractivity contribution in [1.82, 2.24) is 15.3 Å². The first-order chi connectivity index (χ1) is 7.16. The number of aromatic amines is 1. The fourth-order valence-electron chi connectivity index (χ4n) is 0.980. The Balaban J connectivity index is 2.65. The molecule has 15 heavy (non-hydrogen) atoms. The van der Waals surface area contributed by atoms with Crippen LogP contribution in [0.3, 0.4) is 0 Å². The zero-order chi connectivity index (χ0) is 11.3. The lowest BCUT2D eigenvalue weighted by molar-refractivity contribution is 0.0685. The number of carboxylic acid groups (broad SMARTS) is 1. The van der Waals surface area contributed by atoms with Crippen LogP contribution in [0.2, 0.25) is 0 Å². The summed E-state index contributed by atoms with van der Waals surface area (Å²) < 4.78 is 0. The lowest BCUT2D eigenvalue weighted by atomic mass is 10.3. The van der Waals surface area contributed by atoms with Crippen LogP contribution in [0.15, 0.2) is 6.33 Å². The molecule has 0 fully saturated rings. The summed E-state index contributed by atoms with van der Waals surface area (Å²) in [6.07, 6.45) is 3.11. The number of aromatic carboxylic acids is 1. The van der Waals surface area contributed by atoms with Crippen molar-refractivity contribution in [2.45, 2.75) is 0 Å². The molecule has 0 aliphatic heterocycles. The second-order valence-electron chi connectivity index (χ2n) is 2.68. The van der Waals surface area contributed by atoms with Gasteiger partial charge in [0.15, 0.2) is 11.4 Å². The maximum absolute atomic E-state index is 11.4. The molecule has 0 radical (unpaired) electrons. The third-order valence-corrected chi connectivity index (χ3v) is 2.27. The number of rotatable bonds is 5. The van der Waals surface area contributed by atoms with Crippen molar-refractivity contribution in [3.8, 4) is 0 Å². The number of hydrogen-bond donors (Lipinski definition) is 3. The standard InChI is InChI=1S/C8H11N3O3S/c1-15-3-2-9-7(12)5-6(8(13)14)11-4-10-5/h4H,2-3H2,1H3,(H,9,12)(H,10,11)(H,13,14). The van der Waals surface area contributed by atoms with Gasteiger partial charge in [0.25, 0.3) is 5.91 Å². The first kappa shape index (κ1) is 11.6. The van der Waals surface area contributed by atoms with Gasteiger partial charge in [-0.1, -0.05) is 0 Å². The molecule has 1 aromatic heterocycles. The average molecular weight is 229 g/mol. The van der Waals surface area contributed by atoms with Crippen LogP contribution in [0.1, 0.15) is 21.0 Å². The molecule has 1 heterocycles. The number of carbonyl (C=O) groups excluding carboxylic acids is 1. The Morgan fingerprint density at radius 1 is 1.67 bits per heavy atom. The van der Waals surface area contributed by atoms with Gasteiger partial charge in [-0.2, -0.15) is 11.8 Å². The van der Waals surface area contributed by atoms with Crippen LogP contribution in [-0.4, -0.2) is 45.5 Å². The molecule has 1 aromatic rings. The van der Waals surface area contributed by atoms with E-state index in [0.29, 0.717) is 6.54 Å². The molecule has 1 amide bonds. The number of aromatic nitrogens is 2. The quantitative estimate of drug-likeness (QED) is 0.627. The van der Waals surface area contributed by atoms with Crippen molar-refractivity contribution in [2.75, 3.05) is 18.6 Å². The third kappa shape index (κ3) is 2.98. The fraction of sp³-hybridized carbons (Fsp3) is 0.375. The minimum absolute atomic E-state index is 0.0800. The summed E-state index contributed by atoms with van der Waals surface area (Å²) in [6, 6.07) is 0. The number of imidazole rings is 1. The molecule has 0 aromatic carbocycles. The van der Waals surface area contributed by atoms with Crippen molar-refractivity contribution >= 4 is 23.6 Å². The second kappa shape index (κ2) is 5.40. The maximum Gasteiger partial charge on any atom is 0.354 e. The SMILES string of the molecule is CSCCNC(=O)c1nc[nH]c1C(=O)O. The fourth-order valence-corrected chi connectivity index (χ4v) is 1.29. The van der Waals surface area contributed by atoms with Gasteiger partial charge in [0.1, 0.15) is 0 Å². The highest BCUT2D eigenvalue weighted by Crippen LogP contribution is 2.02. The molecule has 0 unspecified atom stereocenters. The number of nitrogens with one attached hydrogen (secondary N) is 2. The molecule has 0 aliphatic rings. The Kier molecular flexibility index (Phi) is 4.17. The van der Waals surface area contributed by atoms with E-state index in [4.69, 9.17) is 5.11 Å². The van der Waals surface area contributed by atoms with E-state index in [2.05, 4.69) is 15.3 Å². The number of H-pyrrole nitrogens is 1. The van der Waals surface area contributed by atoms with Crippen LogP contribution in [0.4, 0.5) is 0 Å². The highest BCUT2D eigenvalue weighted by atomic mass is 32.2. The molecule has 0 bridgehead atoms. The summed E-state index contributed by atoms with van der Waals surface area (Å²) in [6.45, 7) is 0.492. The summed E-state index contributed by atoms with van der Waals surface area (Å²) >= 11 is 1.59. The average Bonchev–Trinajstić information content (AvgIpc) is 2.66. The Morgan fingerprint density at radius 3 is 3.00 bits per heavy atom. The number of carboxylic acids is 1. The van der Waals surface area contributed by atoms with E-state index in [9.17, 15) is 9.59 Å². The van der Waals surface area contributed by atoms with Crippen molar-refractivity contribution < 1.29 is 14.7 Å². The van der Waals surface area contributed by atoms with E-state index in [-0.39, 0.29) is 11.4 Å². The zero-order valence-corrected chi connectivity index (χ0v) is 8.93. The van der Waals surface area contributed by atoms with Crippen molar-refractivity contribution in [2.24, 2.45) is 0 Å². The summed E-state index contributed by atoms with van der Waals surface area (Å²) in [5, 5.41) is 11.3. The van der Waals surface area contributed by atoms with E-state index in [1.54, 1.807) is 11.8 Å². The molecule has 7 heteroatoms. The number of carbonyl (C=O) groups is 2. The smallest absolute Gasteiger partial charge is 0.354 e. The summed E-state index contributed by atoms with van der Waals surface area (Å²) in [5.41, 5.74) is -0.264. The van der Waals surface area contributed by atoms with Crippen LogP contribution in [-0.2, 0) is 0 Å². The topological polar surface area (TPSA) is 95.1 Å². The van der Waals surface area contributed by atoms with Crippen molar-refractivity contribution in [3.63, 3.8) is 0 Å². The van der Waals surface area contributed by atoms with Crippen molar-refractivity contribution in [1.29, 1.82) is 0 Å². The number of hydrogen-bond acceptors (Lipinski definition) is 4. The second-order valence-corrected chi connectivity index (χ2v) is 3.67. The van der Waals surface area contributed by atoms with Gasteiger partial charge in [-0.25, -0.2) is 9.78 Å². The lowest BCUT2D eigenvalue weighted by Crippen LogP contribution is -2.27. The van der Waals surface area contributed by atoms with Crippen LogP contribution >= 0.6 is 11.8 Å². The molecule has 82 valence electrons. The zero-order valence-electron chi connectivity index (χ0n) is 8.11. The molecule has 0 atom stereocenters. The predicted molar refractivity (Wildman–Crippen MR) is 56.3 cm³/mol. The minimum Gasteiger partial charge on any atom is -0.477 e. The molecular formula is C8H11N3O3S. The summed E-state index contributed by atoms with van der Waals surface area (Å²) in [4.78, 5) is 28.2. The van der Waals surface area contributed by atoms with E-state index in [1.807, 2.05) is 6.26 Å². The highest BCUT2D eigenvalue weighted by molar-refractivity contribution is 7.98. The highest BCUT2D eigenvalue weighted by Gasteiger charge is 2.18. The van der Waals surface area contributed by atoms with Gasteiger partial charge in [-0.15, -0.1) is 0 Å². The minimum atomic E-state index is -1.19. The molecule has 0 aliphatic carbocycles. The van der Waals surface area contributed by atoms with Gasteiger partial charge >= 0.3 is 5.97 Å². The molecule has 0 saturated carbocycles. The Bertz CT molecular complexity index is 364. The Hall–Kier alpha value is -1.50. The lowest BCUT2D eigenvalue weighted by Gasteiger charge is -2.01. The van der Waals surface area contributed by atoms with E-state index >= 15 is 0 Å². The van der Waals surface area contributed by atoms with E-state index in [1.165, 1.54) is 6.33 Å². The monoisotopic (exact) mass is 229 g/mol.